The standard InChI is InChI=1S/C20H18BrF6NO2/c21-15-5-4-6-17(12-15)30-8-3-1-2-7-18(29)28-16-10-13(19(22,23)24)9-14(11-16)20(25,26)27/h4-6,9-12H,1-3,7-8H2,(H,28,29). The fraction of sp³-hybridized carbons (Fsp3) is 0.350. The Bertz CT molecular complexity index is 835. The lowest BCUT2D eigenvalue weighted by Crippen LogP contribution is -2.15. The zero-order valence-electron chi connectivity index (χ0n) is 15.5. The molecule has 0 aliphatic heterocycles. The van der Waals surface area contributed by atoms with Crippen molar-refractivity contribution in [3.63, 3.8) is 0 Å². The van der Waals surface area contributed by atoms with Gasteiger partial charge < -0.3 is 10.1 Å². The van der Waals surface area contributed by atoms with Gasteiger partial charge in [-0.2, -0.15) is 26.3 Å². The molecule has 0 spiro atoms. The number of hydrogen-bond donors (Lipinski definition) is 1. The van der Waals surface area contributed by atoms with Gasteiger partial charge in [0.2, 0.25) is 5.91 Å². The highest BCUT2D eigenvalue weighted by atomic mass is 79.9. The van der Waals surface area contributed by atoms with E-state index in [1.54, 1.807) is 12.1 Å². The SMILES string of the molecule is O=C(CCCCCOc1cccc(Br)c1)Nc1cc(C(F)(F)F)cc(C(F)(F)F)c1. The van der Waals surface area contributed by atoms with Gasteiger partial charge in [0.1, 0.15) is 5.75 Å². The summed E-state index contributed by atoms with van der Waals surface area (Å²) in [6.45, 7) is 0.417. The third kappa shape index (κ3) is 7.89. The van der Waals surface area contributed by atoms with Gasteiger partial charge in [0.25, 0.3) is 0 Å². The van der Waals surface area contributed by atoms with Gasteiger partial charge in [0.15, 0.2) is 0 Å². The van der Waals surface area contributed by atoms with Gasteiger partial charge in [-0.25, -0.2) is 0 Å². The first-order valence-electron chi connectivity index (χ1n) is 8.93. The van der Waals surface area contributed by atoms with Gasteiger partial charge in [-0.1, -0.05) is 22.0 Å². The maximum atomic E-state index is 12.8. The second-order valence-corrected chi connectivity index (χ2v) is 7.37. The Kier molecular flexibility index (Phi) is 8.17. The summed E-state index contributed by atoms with van der Waals surface area (Å²) in [5.41, 5.74) is -3.49. The number of halogens is 7. The van der Waals surface area contributed by atoms with E-state index in [2.05, 4.69) is 21.2 Å². The van der Waals surface area contributed by atoms with E-state index in [4.69, 9.17) is 4.74 Å². The molecule has 0 bridgehead atoms. The molecule has 0 unspecified atom stereocenters. The van der Waals surface area contributed by atoms with E-state index in [0.29, 0.717) is 43.8 Å². The van der Waals surface area contributed by atoms with Crippen molar-refractivity contribution >= 4 is 27.5 Å². The van der Waals surface area contributed by atoms with Crippen LogP contribution in [0.25, 0.3) is 0 Å². The van der Waals surface area contributed by atoms with Crippen LogP contribution in [0.15, 0.2) is 46.9 Å². The predicted molar refractivity (Wildman–Crippen MR) is 103 cm³/mol. The van der Waals surface area contributed by atoms with Gasteiger partial charge in [0.05, 0.1) is 17.7 Å². The zero-order chi connectivity index (χ0) is 22.4. The summed E-state index contributed by atoms with van der Waals surface area (Å²) in [7, 11) is 0. The third-order valence-corrected chi connectivity index (χ3v) is 4.48. The third-order valence-electron chi connectivity index (χ3n) is 3.98. The Hall–Kier alpha value is -2.23. The first kappa shape index (κ1) is 24.0. The average molecular weight is 498 g/mol. The van der Waals surface area contributed by atoms with Crippen LogP contribution >= 0.6 is 15.9 Å². The lowest BCUT2D eigenvalue weighted by molar-refractivity contribution is -0.143. The maximum Gasteiger partial charge on any atom is 0.416 e. The van der Waals surface area contributed by atoms with Crippen molar-refractivity contribution in [1.29, 1.82) is 0 Å². The van der Waals surface area contributed by atoms with E-state index in [0.717, 1.165) is 4.47 Å². The van der Waals surface area contributed by atoms with Crippen LogP contribution in [0.5, 0.6) is 5.75 Å². The molecule has 0 radical (unpaired) electrons. The number of carbonyl (C=O) groups excluding carboxylic acids is 1. The quantitative estimate of drug-likeness (QED) is 0.313. The van der Waals surface area contributed by atoms with Crippen molar-refractivity contribution in [2.24, 2.45) is 0 Å². The molecule has 0 heterocycles. The summed E-state index contributed by atoms with van der Waals surface area (Å²) in [5.74, 6) is 0.0301. The topological polar surface area (TPSA) is 38.3 Å². The second-order valence-electron chi connectivity index (χ2n) is 6.46. The molecule has 164 valence electrons. The molecule has 2 rings (SSSR count). The Morgan fingerprint density at radius 3 is 2.10 bits per heavy atom. The van der Waals surface area contributed by atoms with Crippen LogP contribution in [-0.4, -0.2) is 12.5 Å². The molecule has 2 aromatic rings. The van der Waals surface area contributed by atoms with Crippen LogP contribution in [0.4, 0.5) is 32.0 Å². The maximum absolute atomic E-state index is 12.8. The van der Waals surface area contributed by atoms with Crippen LogP contribution in [0, 0.1) is 0 Å². The Morgan fingerprint density at radius 1 is 0.900 bits per heavy atom. The number of nitrogens with one attached hydrogen (secondary N) is 1. The van der Waals surface area contributed by atoms with Crippen LogP contribution in [-0.2, 0) is 17.1 Å². The van der Waals surface area contributed by atoms with Crippen molar-refractivity contribution in [2.75, 3.05) is 11.9 Å². The molecule has 0 saturated carbocycles. The van der Waals surface area contributed by atoms with E-state index in [9.17, 15) is 31.1 Å². The highest BCUT2D eigenvalue weighted by Gasteiger charge is 2.37. The molecular weight excluding hydrogens is 480 g/mol. The molecule has 10 heteroatoms. The molecule has 2 aromatic carbocycles. The number of amides is 1. The van der Waals surface area contributed by atoms with E-state index in [-0.39, 0.29) is 12.5 Å². The highest BCUT2D eigenvalue weighted by Crippen LogP contribution is 2.37. The Morgan fingerprint density at radius 2 is 1.53 bits per heavy atom. The summed E-state index contributed by atoms with van der Waals surface area (Å²) < 4.78 is 83.5. The molecule has 0 aliphatic rings. The highest BCUT2D eigenvalue weighted by molar-refractivity contribution is 9.10. The molecule has 0 atom stereocenters. The van der Waals surface area contributed by atoms with Crippen LogP contribution in [0.2, 0.25) is 0 Å². The van der Waals surface area contributed by atoms with Gasteiger partial charge in [-0.05, 0) is 55.7 Å². The fourth-order valence-electron chi connectivity index (χ4n) is 2.56. The minimum absolute atomic E-state index is 0.0148. The molecule has 0 aliphatic carbocycles. The van der Waals surface area contributed by atoms with Gasteiger partial charge in [-0.3, -0.25) is 4.79 Å². The van der Waals surface area contributed by atoms with Gasteiger partial charge in [-0.15, -0.1) is 0 Å². The molecule has 0 saturated heterocycles. The fourth-order valence-corrected chi connectivity index (χ4v) is 2.94. The smallest absolute Gasteiger partial charge is 0.416 e. The summed E-state index contributed by atoms with van der Waals surface area (Å²) >= 11 is 3.32. The number of hydrogen-bond acceptors (Lipinski definition) is 2. The molecule has 3 nitrogen and oxygen atoms in total. The minimum atomic E-state index is -4.96. The lowest BCUT2D eigenvalue weighted by Gasteiger charge is -2.14. The van der Waals surface area contributed by atoms with Gasteiger partial charge >= 0.3 is 12.4 Å². The number of anilines is 1. The second kappa shape index (κ2) is 10.2. The average Bonchev–Trinajstić information content (AvgIpc) is 2.63. The first-order valence-corrected chi connectivity index (χ1v) is 9.72. The number of rotatable bonds is 8. The van der Waals surface area contributed by atoms with E-state index in [1.165, 1.54) is 0 Å². The van der Waals surface area contributed by atoms with Crippen LogP contribution in [0.3, 0.4) is 0 Å². The van der Waals surface area contributed by atoms with Crippen molar-refractivity contribution in [3.05, 3.63) is 58.1 Å². The lowest BCUT2D eigenvalue weighted by atomic mass is 10.1. The number of alkyl halides is 6. The molecule has 30 heavy (non-hydrogen) atoms. The summed E-state index contributed by atoms with van der Waals surface area (Å²) in [5, 5.41) is 2.11. The van der Waals surface area contributed by atoms with Crippen LogP contribution < -0.4 is 10.1 Å². The molecule has 1 amide bonds. The van der Waals surface area contributed by atoms with Crippen LogP contribution in [0.1, 0.15) is 36.8 Å². The number of ether oxygens (including phenoxy) is 1. The Labute approximate surface area is 177 Å². The largest absolute Gasteiger partial charge is 0.494 e. The van der Waals surface area contributed by atoms with E-state index in [1.807, 2.05) is 12.1 Å². The number of unbranched alkanes of at least 4 members (excludes halogenated alkanes) is 2. The Balaban J connectivity index is 1.82. The molecule has 0 aromatic heterocycles. The predicted octanol–water partition coefficient (Wildman–Crippen LogP) is 7.06. The van der Waals surface area contributed by atoms with Gasteiger partial charge in [0, 0.05) is 16.6 Å². The van der Waals surface area contributed by atoms with E-state index < -0.39 is 35.1 Å². The van der Waals surface area contributed by atoms with Crippen molar-refractivity contribution in [2.45, 2.75) is 38.0 Å². The summed E-state index contributed by atoms with van der Waals surface area (Å²) in [6, 6.07) is 8.26. The minimum Gasteiger partial charge on any atom is -0.494 e. The summed E-state index contributed by atoms with van der Waals surface area (Å²) in [4.78, 5) is 11.9. The van der Waals surface area contributed by atoms with Crippen molar-refractivity contribution in [1.82, 2.24) is 0 Å². The number of benzene rings is 2. The normalized spacial score (nSPS) is 12.0. The zero-order valence-corrected chi connectivity index (χ0v) is 17.1. The number of carbonyl (C=O) groups is 1. The molecular formula is C20H18BrF6NO2. The van der Waals surface area contributed by atoms with Crippen molar-refractivity contribution < 1.29 is 35.9 Å². The molecule has 0 fully saturated rings. The van der Waals surface area contributed by atoms with Crippen molar-refractivity contribution in [3.8, 4) is 5.75 Å². The summed E-state index contributed by atoms with van der Waals surface area (Å²) in [6.07, 6.45) is -8.29. The first-order chi connectivity index (χ1) is 13.9. The monoisotopic (exact) mass is 497 g/mol. The van der Waals surface area contributed by atoms with E-state index >= 15 is 0 Å². The molecule has 1 N–H and O–H groups in total.